The van der Waals surface area contributed by atoms with Crippen LogP contribution in [0.15, 0.2) is 36.5 Å². The normalized spacial score (nSPS) is 24.4. The maximum Gasteiger partial charge on any atom is 0.136 e. The lowest BCUT2D eigenvalue weighted by Gasteiger charge is -2.36. The summed E-state index contributed by atoms with van der Waals surface area (Å²) in [6, 6.07) is 10.5. The lowest BCUT2D eigenvalue weighted by molar-refractivity contribution is -0.00536. The number of aromatic nitrogens is 1. The second-order valence-corrected chi connectivity index (χ2v) is 5.02. The minimum absolute atomic E-state index is 0.259. The van der Waals surface area contributed by atoms with Gasteiger partial charge in [-0.2, -0.15) is 0 Å². The summed E-state index contributed by atoms with van der Waals surface area (Å²) < 4.78 is 5.78. The molecule has 0 spiro atoms. The number of pyridine rings is 1. The number of hydrogen-bond acceptors (Lipinski definition) is 3. The number of anilines is 1. The molecule has 0 aliphatic carbocycles. The third-order valence-electron chi connectivity index (χ3n) is 3.37. The van der Waals surface area contributed by atoms with Gasteiger partial charge in [-0.15, -0.1) is 0 Å². The highest BCUT2D eigenvalue weighted by Gasteiger charge is 2.24. The van der Waals surface area contributed by atoms with E-state index in [1.165, 1.54) is 10.8 Å². The number of morpholine rings is 1. The summed E-state index contributed by atoms with van der Waals surface area (Å²) in [6.45, 7) is 6.05. The van der Waals surface area contributed by atoms with Crippen LogP contribution in [-0.4, -0.2) is 30.3 Å². The van der Waals surface area contributed by atoms with Gasteiger partial charge in [0.2, 0.25) is 0 Å². The van der Waals surface area contributed by atoms with Crippen molar-refractivity contribution in [1.82, 2.24) is 4.98 Å². The van der Waals surface area contributed by atoms with Gasteiger partial charge in [-0.1, -0.05) is 24.3 Å². The number of nitrogens with zero attached hydrogens (tertiary/aromatic N) is 2. The van der Waals surface area contributed by atoms with Crippen molar-refractivity contribution in [2.45, 2.75) is 26.1 Å². The summed E-state index contributed by atoms with van der Waals surface area (Å²) in [5.74, 6) is 1.08. The molecular formula is C15H18N2O. The molecule has 1 aromatic heterocycles. The first-order valence-corrected chi connectivity index (χ1v) is 6.48. The standard InChI is InChI=1S/C15H18N2O/c1-11-9-17(10-12(2)18-11)15-14-6-4-3-5-13(14)7-8-16-15/h3-8,11-12H,9-10H2,1-2H3. The van der Waals surface area contributed by atoms with Crippen LogP contribution >= 0.6 is 0 Å². The van der Waals surface area contributed by atoms with Crippen LogP contribution in [0.1, 0.15) is 13.8 Å². The fraction of sp³-hybridized carbons (Fsp3) is 0.400. The molecule has 3 rings (SSSR count). The van der Waals surface area contributed by atoms with Crippen LogP contribution < -0.4 is 4.90 Å². The van der Waals surface area contributed by atoms with Crippen molar-refractivity contribution in [3.8, 4) is 0 Å². The van der Waals surface area contributed by atoms with E-state index in [-0.39, 0.29) is 12.2 Å². The van der Waals surface area contributed by atoms with Crippen LogP contribution in [0, 0.1) is 0 Å². The second-order valence-electron chi connectivity index (χ2n) is 5.02. The fourth-order valence-electron chi connectivity index (χ4n) is 2.71. The van der Waals surface area contributed by atoms with E-state index in [9.17, 15) is 0 Å². The van der Waals surface area contributed by atoms with Gasteiger partial charge in [-0.25, -0.2) is 4.98 Å². The molecule has 3 heteroatoms. The Morgan fingerprint density at radius 1 is 1.11 bits per heavy atom. The van der Waals surface area contributed by atoms with Gasteiger partial charge in [0, 0.05) is 24.7 Å². The predicted molar refractivity (Wildman–Crippen MR) is 74.0 cm³/mol. The molecule has 2 heterocycles. The highest BCUT2D eigenvalue weighted by Crippen LogP contribution is 2.26. The molecule has 1 aliphatic rings. The molecule has 0 radical (unpaired) electrons. The molecule has 1 fully saturated rings. The van der Waals surface area contributed by atoms with Crippen LogP contribution in [-0.2, 0) is 4.74 Å². The monoisotopic (exact) mass is 242 g/mol. The Kier molecular flexibility index (Phi) is 2.92. The Bertz CT molecular complexity index is 540. The highest BCUT2D eigenvalue weighted by molar-refractivity contribution is 5.92. The smallest absolute Gasteiger partial charge is 0.136 e. The lowest BCUT2D eigenvalue weighted by atomic mass is 10.1. The molecular weight excluding hydrogens is 224 g/mol. The zero-order valence-electron chi connectivity index (χ0n) is 10.8. The Balaban J connectivity index is 2.03. The first kappa shape index (κ1) is 11.5. The molecule has 0 N–H and O–H groups in total. The van der Waals surface area contributed by atoms with E-state index in [2.05, 4.69) is 54.1 Å². The topological polar surface area (TPSA) is 25.4 Å². The number of benzene rings is 1. The van der Waals surface area contributed by atoms with Crippen molar-refractivity contribution in [2.24, 2.45) is 0 Å². The molecule has 3 nitrogen and oxygen atoms in total. The molecule has 0 bridgehead atoms. The molecule has 2 atom stereocenters. The summed E-state index contributed by atoms with van der Waals surface area (Å²) in [4.78, 5) is 6.90. The average Bonchev–Trinajstić information content (AvgIpc) is 2.37. The molecule has 2 aromatic rings. The number of fused-ring (bicyclic) bond motifs is 1. The second kappa shape index (κ2) is 4.58. The van der Waals surface area contributed by atoms with Gasteiger partial charge in [0.1, 0.15) is 5.82 Å². The van der Waals surface area contributed by atoms with E-state index in [0.717, 1.165) is 18.9 Å². The van der Waals surface area contributed by atoms with Crippen LogP contribution in [0.25, 0.3) is 10.8 Å². The molecule has 94 valence electrons. The third-order valence-corrected chi connectivity index (χ3v) is 3.37. The van der Waals surface area contributed by atoms with Crippen LogP contribution in [0.5, 0.6) is 0 Å². The first-order chi connectivity index (χ1) is 8.74. The number of ether oxygens (including phenoxy) is 1. The first-order valence-electron chi connectivity index (χ1n) is 6.48. The Labute approximate surface area is 107 Å². The van der Waals surface area contributed by atoms with Gasteiger partial charge < -0.3 is 9.64 Å². The molecule has 18 heavy (non-hydrogen) atoms. The van der Waals surface area contributed by atoms with E-state index in [1.807, 2.05) is 6.20 Å². The fourth-order valence-corrected chi connectivity index (χ4v) is 2.71. The Morgan fingerprint density at radius 3 is 2.61 bits per heavy atom. The maximum absolute atomic E-state index is 5.78. The summed E-state index contributed by atoms with van der Waals surface area (Å²) in [7, 11) is 0. The zero-order chi connectivity index (χ0) is 12.5. The molecule has 1 saturated heterocycles. The Morgan fingerprint density at radius 2 is 1.83 bits per heavy atom. The Hall–Kier alpha value is -1.61. The number of rotatable bonds is 1. The van der Waals surface area contributed by atoms with Crippen molar-refractivity contribution < 1.29 is 4.74 Å². The molecule has 1 aromatic carbocycles. The van der Waals surface area contributed by atoms with Gasteiger partial charge in [0.25, 0.3) is 0 Å². The lowest BCUT2D eigenvalue weighted by Crippen LogP contribution is -2.45. The van der Waals surface area contributed by atoms with Gasteiger partial charge >= 0.3 is 0 Å². The summed E-state index contributed by atoms with van der Waals surface area (Å²) in [6.07, 6.45) is 2.41. The highest BCUT2D eigenvalue weighted by atomic mass is 16.5. The van der Waals surface area contributed by atoms with Crippen molar-refractivity contribution in [1.29, 1.82) is 0 Å². The minimum Gasteiger partial charge on any atom is -0.372 e. The van der Waals surface area contributed by atoms with Crippen molar-refractivity contribution >= 4 is 16.6 Å². The SMILES string of the molecule is CC1CN(c2nccc3ccccc23)CC(C)O1. The summed E-state index contributed by atoms with van der Waals surface area (Å²) in [5, 5.41) is 2.47. The van der Waals surface area contributed by atoms with Crippen molar-refractivity contribution in [3.63, 3.8) is 0 Å². The van der Waals surface area contributed by atoms with Crippen molar-refractivity contribution in [3.05, 3.63) is 36.5 Å². The maximum atomic E-state index is 5.78. The molecule has 1 aliphatic heterocycles. The average molecular weight is 242 g/mol. The van der Waals surface area contributed by atoms with Gasteiger partial charge in [-0.05, 0) is 25.3 Å². The predicted octanol–water partition coefficient (Wildman–Crippen LogP) is 2.85. The number of hydrogen-bond donors (Lipinski definition) is 0. The van der Waals surface area contributed by atoms with Gasteiger partial charge in [-0.3, -0.25) is 0 Å². The van der Waals surface area contributed by atoms with E-state index < -0.39 is 0 Å². The minimum atomic E-state index is 0.259. The van der Waals surface area contributed by atoms with Crippen LogP contribution in [0.4, 0.5) is 5.82 Å². The summed E-state index contributed by atoms with van der Waals surface area (Å²) in [5.41, 5.74) is 0. The van der Waals surface area contributed by atoms with E-state index in [1.54, 1.807) is 0 Å². The quantitative estimate of drug-likeness (QED) is 0.769. The van der Waals surface area contributed by atoms with Crippen LogP contribution in [0.2, 0.25) is 0 Å². The molecule has 2 unspecified atom stereocenters. The van der Waals surface area contributed by atoms with Gasteiger partial charge in [0.05, 0.1) is 12.2 Å². The van der Waals surface area contributed by atoms with Crippen molar-refractivity contribution in [2.75, 3.05) is 18.0 Å². The van der Waals surface area contributed by atoms with Gasteiger partial charge in [0.15, 0.2) is 0 Å². The zero-order valence-corrected chi connectivity index (χ0v) is 10.8. The largest absolute Gasteiger partial charge is 0.372 e. The third kappa shape index (κ3) is 2.06. The van der Waals surface area contributed by atoms with Crippen LogP contribution in [0.3, 0.4) is 0 Å². The van der Waals surface area contributed by atoms with E-state index in [0.29, 0.717) is 0 Å². The molecule has 0 amide bonds. The van der Waals surface area contributed by atoms with E-state index in [4.69, 9.17) is 4.74 Å². The summed E-state index contributed by atoms with van der Waals surface area (Å²) >= 11 is 0. The molecule has 0 saturated carbocycles. The van der Waals surface area contributed by atoms with E-state index >= 15 is 0 Å².